The summed E-state index contributed by atoms with van der Waals surface area (Å²) >= 11 is 0. The second kappa shape index (κ2) is 4.69. The van der Waals surface area contributed by atoms with Gasteiger partial charge in [0, 0.05) is 0 Å². The Kier molecular flexibility index (Phi) is 3.55. The van der Waals surface area contributed by atoms with Crippen molar-refractivity contribution in [3.63, 3.8) is 0 Å². The van der Waals surface area contributed by atoms with Crippen LogP contribution in [0.25, 0.3) is 0 Å². The van der Waals surface area contributed by atoms with Gasteiger partial charge in [0.2, 0.25) is 5.82 Å². The number of benzene rings is 1. The highest BCUT2D eigenvalue weighted by Gasteiger charge is 2.23. The van der Waals surface area contributed by atoms with Crippen LogP contribution in [0.5, 0.6) is 5.75 Å². The van der Waals surface area contributed by atoms with Crippen molar-refractivity contribution in [3.8, 4) is 5.75 Å². The van der Waals surface area contributed by atoms with Crippen LogP contribution in [0.3, 0.4) is 0 Å². The molecule has 0 aliphatic heterocycles. The molecule has 0 aromatic heterocycles. The lowest BCUT2D eigenvalue weighted by molar-refractivity contribution is 0.0689. The highest BCUT2D eigenvalue weighted by atomic mass is 19.2. The first-order chi connectivity index (χ1) is 7.49. The maximum Gasteiger partial charge on any atom is 0.338 e. The Balaban J connectivity index is 3.33. The van der Waals surface area contributed by atoms with Crippen molar-refractivity contribution < 1.29 is 27.8 Å². The largest absolute Gasteiger partial charge is 0.483 e. The highest BCUT2D eigenvalue weighted by molar-refractivity contribution is 5.88. The molecule has 0 atom stereocenters. The van der Waals surface area contributed by atoms with Crippen LogP contribution < -0.4 is 4.74 Å². The van der Waals surface area contributed by atoms with Gasteiger partial charge in [0.15, 0.2) is 17.4 Å². The first kappa shape index (κ1) is 12.1. The van der Waals surface area contributed by atoms with E-state index in [4.69, 9.17) is 5.11 Å². The van der Waals surface area contributed by atoms with Crippen LogP contribution >= 0.6 is 0 Å². The van der Waals surface area contributed by atoms with Crippen LogP contribution in [-0.2, 0) is 0 Å². The summed E-state index contributed by atoms with van der Waals surface area (Å²) in [5, 5.41) is 8.53. The standard InChI is InChI=1S/C10H7F3O3/c1-2-3-16-9-7(12)5(10(14)15)4-6(11)8(9)13/h2,4H,1,3H2,(H,14,15). The summed E-state index contributed by atoms with van der Waals surface area (Å²) < 4.78 is 43.8. The molecule has 0 radical (unpaired) electrons. The normalized spacial score (nSPS) is 9.94. The molecule has 1 N–H and O–H groups in total. The van der Waals surface area contributed by atoms with Crippen LogP contribution in [0, 0.1) is 17.5 Å². The minimum Gasteiger partial charge on any atom is -0.483 e. The average molecular weight is 232 g/mol. The number of hydrogen-bond acceptors (Lipinski definition) is 2. The molecule has 0 fully saturated rings. The van der Waals surface area contributed by atoms with Crippen molar-refractivity contribution in [1.82, 2.24) is 0 Å². The summed E-state index contributed by atoms with van der Waals surface area (Å²) in [4.78, 5) is 10.5. The molecule has 0 unspecified atom stereocenters. The van der Waals surface area contributed by atoms with Crippen molar-refractivity contribution in [2.24, 2.45) is 0 Å². The fourth-order valence-electron chi connectivity index (χ4n) is 1.01. The van der Waals surface area contributed by atoms with Gasteiger partial charge in [-0.25, -0.2) is 13.6 Å². The summed E-state index contributed by atoms with van der Waals surface area (Å²) in [6, 6.07) is 0.258. The highest BCUT2D eigenvalue weighted by Crippen LogP contribution is 2.27. The second-order valence-corrected chi connectivity index (χ2v) is 2.77. The lowest BCUT2D eigenvalue weighted by atomic mass is 10.2. The van der Waals surface area contributed by atoms with E-state index in [-0.39, 0.29) is 12.7 Å². The predicted octanol–water partition coefficient (Wildman–Crippen LogP) is 2.37. The Morgan fingerprint density at radius 2 is 2.06 bits per heavy atom. The molecule has 0 saturated carbocycles. The zero-order chi connectivity index (χ0) is 12.3. The molecule has 0 spiro atoms. The van der Waals surface area contributed by atoms with Crippen molar-refractivity contribution in [2.75, 3.05) is 6.61 Å². The van der Waals surface area contributed by atoms with E-state index in [1.807, 2.05) is 0 Å². The van der Waals surface area contributed by atoms with Gasteiger partial charge in [-0.05, 0) is 6.07 Å². The molecule has 0 aliphatic carbocycles. The SMILES string of the molecule is C=CCOc1c(F)c(F)cc(C(=O)O)c1F. The van der Waals surface area contributed by atoms with Gasteiger partial charge in [0.05, 0.1) is 0 Å². The third-order valence-corrected chi connectivity index (χ3v) is 1.69. The molecule has 0 amide bonds. The van der Waals surface area contributed by atoms with E-state index >= 15 is 0 Å². The van der Waals surface area contributed by atoms with Gasteiger partial charge < -0.3 is 9.84 Å². The lowest BCUT2D eigenvalue weighted by Gasteiger charge is -2.08. The smallest absolute Gasteiger partial charge is 0.338 e. The number of aromatic carboxylic acids is 1. The minimum atomic E-state index is -1.71. The van der Waals surface area contributed by atoms with Crippen molar-refractivity contribution in [2.45, 2.75) is 0 Å². The Hall–Kier alpha value is -1.98. The van der Waals surface area contributed by atoms with Gasteiger partial charge in [0.25, 0.3) is 0 Å². The van der Waals surface area contributed by atoms with Gasteiger partial charge >= 0.3 is 5.97 Å². The monoisotopic (exact) mass is 232 g/mol. The van der Waals surface area contributed by atoms with Crippen LogP contribution in [-0.4, -0.2) is 17.7 Å². The number of carboxylic acids is 1. The molecule has 0 bridgehead atoms. The van der Waals surface area contributed by atoms with E-state index in [9.17, 15) is 18.0 Å². The van der Waals surface area contributed by atoms with Crippen molar-refractivity contribution >= 4 is 5.97 Å². The topological polar surface area (TPSA) is 46.5 Å². The van der Waals surface area contributed by atoms with E-state index in [0.29, 0.717) is 0 Å². The Morgan fingerprint density at radius 1 is 1.44 bits per heavy atom. The molecule has 1 rings (SSSR count). The summed E-state index contributed by atoms with van der Waals surface area (Å²) in [6.45, 7) is 2.97. The molecule has 1 aromatic rings. The molecule has 86 valence electrons. The number of halogens is 3. The molecular weight excluding hydrogens is 225 g/mol. The van der Waals surface area contributed by atoms with E-state index < -0.39 is 34.7 Å². The van der Waals surface area contributed by atoms with Gasteiger partial charge in [-0.1, -0.05) is 12.7 Å². The fourth-order valence-corrected chi connectivity index (χ4v) is 1.01. The molecule has 6 heteroatoms. The summed E-state index contributed by atoms with van der Waals surface area (Å²) in [5.41, 5.74) is -0.988. The predicted molar refractivity (Wildman–Crippen MR) is 49.0 cm³/mol. The van der Waals surface area contributed by atoms with E-state index in [2.05, 4.69) is 11.3 Å². The first-order valence-corrected chi connectivity index (χ1v) is 4.13. The number of carboxylic acid groups (broad SMARTS) is 1. The fraction of sp³-hybridized carbons (Fsp3) is 0.100. The van der Waals surface area contributed by atoms with Gasteiger partial charge in [-0.15, -0.1) is 0 Å². The number of hydrogen-bond donors (Lipinski definition) is 1. The van der Waals surface area contributed by atoms with Crippen LogP contribution in [0.15, 0.2) is 18.7 Å². The second-order valence-electron chi connectivity index (χ2n) is 2.77. The van der Waals surface area contributed by atoms with E-state index in [1.165, 1.54) is 6.08 Å². The van der Waals surface area contributed by atoms with Gasteiger partial charge in [-0.3, -0.25) is 0 Å². The summed E-state index contributed by atoms with van der Waals surface area (Å²) in [7, 11) is 0. The minimum absolute atomic E-state index is 0.258. The summed E-state index contributed by atoms with van der Waals surface area (Å²) in [5.74, 6) is -7.27. The average Bonchev–Trinajstić information content (AvgIpc) is 2.23. The molecular formula is C10H7F3O3. The van der Waals surface area contributed by atoms with E-state index in [1.54, 1.807) is 0 Å². The van der Waals surface area contributed by atoms with Crippen molar-refractivity contribution in [3.05, 3.63) is 41.7 Å². The zero-order valence-electron chi connectivity index (χ0n) is 7.97. The molecule has 0 saturated heterocycles. The number of carbonyl (C=O) groups is 1. The van der Waals surface area contributed by atoms with E-state index in [0.717, 1.165) is 0 Å². The third kappa shape index (κ3) is 2.16. The zero-order valence-corrected chi connectivity index (χ0v) is 7.97. The van der Waals surface area contributed by atoms with Gasteiger partial charge in [0.1, 0.15) is 12.2 Å². The van der Waals surface area contributed by atoms with Gasteiger partial charge in [-0.2, -0.15) is 4.39 Å². The Labute approximate surface area is 88.8 Å². The van der Waals surface area contributed by atoms with Crippen LogP contribution in [0.2, 0.25) is 0 Å². The molecule has 0 aliphatic rings. The quantitative estimate of drug-likeness (QED) is 0.640. The summed E-state index contributed by atoms with van der Waals surface area (Å²) in [6.07, 6.45) is 1.18. The molecule has 16 heavy (non-hydrogen) atoms. The Morgan fingerprint density at radius 3 is 2.56 bits per heavy atom. The van der Waals surface area contributed by atoms with Crippen molar-refractivity contribution in [1.29, 1.82) is 0 Å². The number of ether oxygens (including phenoxy) is 1. The van der Waals surface area contributed by atoms with Crippen LogP contribution in [0.4, 0.5) is 13.2 Å². The third-order valence-electron chi connectivity index (χ3n) is 1.69. The number of rotatable bonds is 4. The Bertz CT molecular complexity index is 443. The first-order valence-electron chi connectivity index (χ1n) is 4.13. The lowest BCUT2D eigenvalue weighted by Crippen LogP contribution is -2.08. The maximum absolute atomic E-state index is 13.3. The maximum atomic E-state index is 13.3. The van der Waals surface area contributed by atoms with Crippen LogP contribution in [0.1, 0.15) is 10.4 Å². The molecule has 0 heterocycles. The molecule has 1 aromatic carbocycles. The molecule has 3 nitrogen and oxygen atoms in total.